The number of aryl methyl sites for hydroxylation is 1. The minimum atomic E-state index is -1.09. The normalized spacial score (nSPS) is 13.0. The van der Waals surface area contributed by atoms with Crippen LogP contribution in [0.25, 0.3) is 33.3 Å². The fourth-order valence-corrected chi connectivity index (χ4v) is 4.32. The Balaban J connectivity index is 1.50. The molecule has 9 heteroatoms. The number of nitrogens with one attached hydrogen (secondary N) is 2. The van der Waals surface area contributed by atoms with Gasteiger partial charge in [0.25, 0.3) is 0 Å². The summed E-state index contributed by atoms with van der Waals surface area (Å²) >= 11 is 6.69. The van der Waals surface area contributed by atoms with Gasteiger partial charge in [-0.05, 0) is 62.2 Å². The Labute approximate surface area is 218 Å². The molecule has 3 N–H and O–H groups in total. The van der Waals surface area contributed by atoms with Crippen LogP contribution in [0.1, 0.15) is 37.4 Å². The van der Waals surface area contributed by atoms with Gasteiger partial charge in [0.2, 0.25) is 0 Å². The third-order valence-electron chi connectivity index (χ3n) is 6.56. The third-order valence-corrected chi connectivity index (χ3v) is 7.02. The van der Waals surface area contributed by atoms with E-state index >= 15 is 0 Å². The minimum absolute atomic E-state index is 0.222. The summed E-state index contributed by atoms with van der Waals surface area (Å²) in [6.07, 6.45) is 5.55. The third kappa shape index (κ3) is 4.90. The zero-order valence-corrected chi connectivity index (χ0v) is 21.4. The second kappa shape index (κ2) is 9.88. The van der Waals surface area contributed by atoms with E-state index in [0.29, 0.717) is 34.2 Å². The second-order valence-corrected chi connectivity index (χ2v) is 9.55. The number of nitrogens with zero attached hydrogens (tertiary/aromatic N) is 4. The van der Waals surface area contributed by atoms with Crippen molar-refractivity contribution in [2.75, 3.05) is 5.32 Å². The Bertz CT molecular complexity index is 1570. The minimum Gasteiger partial charge on any atom is -0.382 e. The van der Waals surface area contributed by atoms with Crippen LogP contribution in [0.2, 0.25) is 5.02 Å². The van der Waals surface area contributed by atoms with Crippen molar-refractivity contribution in [1.29, 1.82) is 0 Å². The molecule has 37 heavy (non-hydrogen) atoms. The number of aliphatic hydroxyl groups is 1. The number of halogens is 2. The molecule has 0 bridgehead atoms. The first-order valence-electron chi connectivity index (χ1n) is 11.9. The Morgan fingerprint density at radius 2 is 1.81 bits per heavy atom. The zero-order valence-electron chi connectivity index (χ0n) is 20.7. The molecular weight excluding hydrogens is 491 g/mol. The van der Waals surface area contributed by atoms with Crippen LogP contribution in [-0.2, 0) is 12.1 Å². The summed E-state index contributed by atoms with van der Waals surface area (Å²) in [5.41, 5.74) is 4.81. The van der Waals surface area contributed by atoms with Gasteiger partial charge in [0.1, 0.15) is 11.4 Å². The Morgan fingerprint density at radius 3 is 2.51 bits per heavy atom. The van der Waals surface area contributed by atoms with Crippen LogP contribution in [0.3, 0.4) is 0 Å². The highest BCUT2D eigenvalue weighted by molar-refractivity contribution is 6.35. The van der Waals surface area contributed by atoms with Gasteiger partial charge >= 0.3 is 0 Å². The van der Waals surface area contributed by atoms with Crippen LogP contribution < -0.4 is 5.32 Å². The highest BCUT2D eigenvalue weighted by Gasteiger charge is 2.23. The van der Waals surface area contributed by atoms with E-state index in [1.807, 2.05) is 38.1 Å². The topological polar surface area (TPSA) is 99.6 Å². The lowest BCUT2D eigenvalue weighted by Gasteiger charge is -2.19. The maximum atomic E-state index is 14.7. The molecule has 0 radical (unpaired) electrons. The number of hydrogen-bond acceptors (Lipinski definition) is 6. The number of aromatic nitrogens is 5. The molecule has 0 fully saturated rings. The number of pyridine rings is 1. The molecule has 3 heterocycles. The van der Waals surface area contributed by atoms with E-state index in [2.05, 4.69) is 30.5 Å². The van der Waals surface area contributed by atoms with E-state index in [-0.39, 0.29) is 12.4 Å². The first-order chi connectivity index (χ1) is 17.8. The second-order valence-electron chi connectivity index (χ2n) is 9.17. The number of aromatic amines is 1. The van der Waals surface area contributed by atoms with Crippen molar-refractivity contribution in [3.63, 3.8) is 0 Å². The van der Waals surface area contributed by atoms with Gasteiger partial charge in [-0.2, -0.15) is 5.10 Å². The number of H-pyrrole nitrogens is 1. The lowest BCUT2D eigenvalue weighted by molar-refractivity contribution is 0.0436. The maximum Gasteiger partial charge on any atom is 0.159 e. The van der Waals surface area contributed by atoms with Gasteiger partial charge in [-0.25, -0.2) is 14.4 Å². The van der Waals surface area contributed by atoms with Crippen molar-refractivity contribution in [3.05, 3.63) is 89.0 Å². The Hall–Kier alpha value is -3.88. The monoisotopic (exact) mass is 516 g/mol. The lowest BCUT2D eigenvalue weighted by Crippen LogP contribution is -2.22. The summed E-state index contributed by atoms with van der Waals surface area (Å²) in [7, 11) is 0. The molecule has 7 nitrogen and oxygen atoms in total. The van der Waals surface area contributed by atoms with Crippen LogP contribution in [0.4, 0.5) is 10.1 Å². The van der Waals surface area contributed by atoms with E-state index in [1.165, 1.54) is 6.07 Å². The summed E-state index contributed by atoms with van der Waals surface area (Å²) in [6.45, 7) is 5.64. The molecule has 0 spiro atoms. The number of hydrogen-bond donors (Lipinski definition) is 3. The molecule has 2 aromatic carbocycles. The molecule has 1 unspecified atom stereocenters. The molecule has 0 aliphatic rings. The predicted molar refractivity (Wildman–Crippen MR) is 144 cm³/mol. The summed E-state index contributed by atoms with van der Waals surface area (Å²) < 4.78 is 14.7. The van der Waals surface area contributed by atoms with Crippen LogP contribution in [-0.4, -0.2) is 30.3 Å². The average molecular weight is 517 g/mol. The first-order valence-corrected chi connectivity index (χ1v) is 12.3. The van der Waals surface area contributed by atoms with Crippen LogP contribution in [0.5, 0.6) is 0 Å². The van der Waals surface area contributed by atoms with Crippen molar-refractivity contribution < 1.29 is 9.50 Å². The molecule has 0 saturated heterocycles. The summed E-state index contributed by atoms with van der Waals surface area (Å²) in [5.74, 6) is 0.0597. The smallest absolute Gasteiger partial charge is 0.159 e. The van der Waals surface area contributed by atoms with Crippen molar-refractivity contribution in [2.45, 2.75) is 39.3 Å². The molecule has 1 atom stereocenters. The largest absolute Gasteiger partial charge is 0.382 e. The van der Waals surface area contributed by atoms with Crippen LogP contribution >= 0.6 is 11.6 Å². The van der Waals surface area contributed by atoms with Crippen LogP contribution in [0.15, 0.2) is 61.1 Å². The van der Waals surface area contributed by atoms with Gasteiger partial charge in [-0.1, -0.05) is 24.6 Å². The van der Waals surface area contributed by atoms with Crippen molar-refractivity contribution in [3.8, 4) is 22.4 Å². The van der Waals surface area contributed by atoms with Gasteiger partial charge in [-0.3, -0.25) is 10.1 Å². The summed E-state index contributed by atoms with van der Waals surface area (Å²) in [5, 5.41) is 21.9. The first kappa shape index (κ1) is 24.8. The SMILES string of the molecule is CCC(C)(O)c1ncc(-c2ccc3nc(C)c(Cl)c(NCc4cc(-c5ccn[nH]5)ccc4F)c3c2)cn1. The molecule has 3 aromatic heterocycles. The molecule has 5 aromatic rings. The maximum absolute atomic E-state index is 14.7. The van der Waals surface area contributed by atoms with Gasteiger partial charge in [-0.15, -0.1) is 0 Å². The van der Waals surface area contributed by atoms with Crippen molar-refractivity contribution in [2.24, 2.45) is 0 Å². The van der Waals surface area contributed by atoms with Crippen molar-refractivity contribution in [1.82, 2.24) is 25.1 Å². The summed E-state index contributed by atoms with van der Waals surface area (Å²) in [6, 6.07) is 12.6. The quantitative estimate of drug-likeness (QED) is 0.231. The zero-order chi connectivity index (χ0) is 26.2. The fourth-order valence-electron chi connectivity index (χ4n) is 4.11. The number of fused-ring (bicyclic) bond motifs is 1. The number of anilines is 1. The molecule has 0 saturated carbocycles. The molecule has 0 aliphatic heterocycles. The Kier molecular flexibility index (Phi) is 6.62. The number of benzene rings is 2. The number of rotatable bonds is 7. The molecule has 0 amide bonds. The van der Waals surface area contributed by atoms with Gasteiger partial charge in [0, 0.05) is 47.2 Å². The van der Waals surface area contributed by atoms with E-state index in [1.54, 1.807) is 37.6 Å². The predicted octanol–water partition coefficient (Wildman–Crippen LogP) is 6.41. The van der Waals surface area contributed by atoms with E-state index < -0.39 is 5.60 Å². The molecule has 5 rings (SSSR count). The van der Waals surface area contributed by atoms with E-state index in [0.717, 1.165) is 33.3 Å². The highest BCUT2D eigenvalue weighted by atomic mass is 35.5. The highest BCUT2D eigenvalue weighted by Crippen LogP contribution is 2.35. The van der Waals surface area contributed by atoms with E-state index in [9.17, 15) is 9.50 Å². The van der Waals surface area contributed by atoms with Gasteiger partial charge < -0.3 is 10.4 Å². The van der Waals surface area contributed by atoms with E-state index in [4.69, 9.17) is 11.6 Å². The average Bonchev–Trinajstić information content (AvgIpc) is 3.45. The van der Waals surface area contributed by atoms with Gasteiger partial charge in [0.15, 0.2) is 5.82 Å². The fraction of sp³-hybridized carbons (Fsp3) is 0.214. The Morgan fingerprint density at radius 1 is 1.05 bits per heavy atom. The van der Waals surface area contributed by atoms with Crippen LogP contribution in [0, 0.1) is 12.7 Å². The lowest BCUT2D eigenvalue weighted by atomic mass is 10.0. The van der Waals surface area contributed by atoms with Gasteiger partial charge in [0.05, 0.1) is 27.6 Å². The standard InChI is InChI=1S/C28H26ClFN6O/c1-4-28(3,37)27-32-14-20(15-33-27)17-6-8-24-21(12-17)26(25(29)16(2)35-24)31-13-19-11-18(5-7-22(19)30)23-9-10-34-36-23/h5-12,14-15,37H,4,13H2,1-3H3,(H,31,35)(H,34,36). The molecule has 188 valence electrons. The summed E-state index contributed by atoms with van der Waals surface area (Å²) in [4.78, 5) is 13.4. The van der Waals surface area contributed by atoms with Crippen molar-refractivity contribution >= 4 is 28.2 Å². The molecule has 0 aliphatic carbocycles. The molecular formula is C28H26ClFN6O.